The second kappa shape index (κ2) is 9.90. The molecule has 0 aromatic rings. The third-order valence-electron chi connectivity index (χ3n) is 2.52. The topological polar surface area (TPSA) is 63.4 Å². The lowest BCUT2D eigenvalue weighted by atomic mass is 10.0. The Morgan fingerprint density at radius 2 is 1.73 bits per heavy atom. The molecule has 0 rings (SSSR count). The van der Waals surface area contributed by atoms with Crippen LogP contribution in [0.4, 0.5) is 0 Å². The fourth-order valence-electron chi connectivity index (χ4n) is 1.56. The molecule has 0 saturated carbocycles. The molecule has 0 aliphatic carbocycles. The highest BCUT2D eigenvalue weighted by molar-refractivity contribution is 4.55. The minimum atomic E-state index is -0.268. The van der Waals surface area contributed by atoms with Gasteiger partial charge in [-0.1, -0.05) is 32.6 Å². The molecule has 0 radical (unpaired) electrons. The number of aliphatic hydroxyl groups is 1. The van der Waals surface area contributed by atoms with Crippen LogP contribution in [-0.2, 0) is 0 Å². The van der Waals surface area contributed by atoms with Gasteiger partial charge in [0.15, 0.2) is 0 Å². The Hall–Kier alpha value is -0.640. The van der Waals surface area contributed by atoms with E-state index in [1.54, 1.807) is 0 Å². The predicted molar refractivity (Wildman–Crippen MR) is 60.5 cm³/mol. The maximum absolute atomic E-state index is 10.0. The molecule has 0 fully saturated rings. The summed E-state index contributed by atoms with van der Waals surface area (Å²) in [6.07, 6.45) is 7.34. The van der Waals surface area contributed by atoms with E-state index in [1.165, 1.54) is 0 Å². The Morgan fingerprint density at radius 1 is 1.13 bits per heavy atom. The highest BCUT2D eigenvalue weighted by Crippen LogP contribution is 2.10. The van der Waals surface area contributed by atoms with E-state index in [1.807, 2.05) is 0 Å². The van der Waals surface area contributed by atoms with Gasteiger partial charge < -0.3 is 5.11 Å². The third kappa shape index (κ3) is 11.3. The summed E-state index contributed by atoms with van der Waals surface area (Å²) >= 11 is 0. The molecule has 0 bridgehead atoms. The minimum Gasteiger partial charge on any atom is -0.393 e. The molecule has 1 atom stereocenters. The van der Waals surface area contributed by atoms with Crippen molar-refractivity contribution in [1.29, 1.82) is 0 Å². The van der Waals surface area contributed by atoms with E-state index in [2.05, 4.69) is 6.92 Å². The van der Waals surface area contributed by atoms with Crippen LogP contribution in [0.5, 0.6) is 0 Å². The Labute approximate surface area is 91.8 Å². The largest absolute Gasteiger partial charge is 0.393 e. The van der Waals surface area contributed by atoms with Gasteiger partial charge in [0, 0.05) is 11.3 Å². The number of hydrogen-bond donors (Lipinski definition) is 1. The molecule has 4 heteroatoms. The van der Waals surface area contributed by atoms with Crippen LogP contribution in [0.15, 0.2) is 0 Å². The van der Waals surface area contributed by atoms with Crippen molar-refractivity contribution in [2.45, 2.75) is 64.4 Å². The van der Waals surface area contributed by atoms with Gasteiger partial charge in [0.25, 0.3) is 0 Å². The van der Waals surface area contributed by atoms with Crippen LogP contribution in [0.1, 0.15) is 58.3 Å². The van der Waals surface area contributed by atoms with Crippen molar-refractivity contribution in [2.24, 2.45) is 0 Å². The van der Waals surface area contributed by atoms with Crippen molar-refractivity contribution in [3.05, 3.63) is 10.1 Å². The Bertz CT molecular complexity index is 162. The smallest absolute Gasteiger partial charge is 0.203 e. The summed E-state index contributed by atoms with van der Waals surface area (Å²) in [6, 6.07) is 0. The first-order chi connectivity index (χ1) is 7.16. The minimum absolute atomic E-state index is 0.0817. The van der Waals surface area contributed by atoms with Gasteiger partial charge in [-0.25, -0.2) is 0 Å². The third-order valence-corrected chi connectivity index (χ3v) is 2.52. The van der Waals surface area contributed by atoms with E-state index in [0.717, 1.165) is 44.9 Å². The summed E-state index contributed by atoms with van der Waals surface area (Å²) in [6.45, 7) is 2.20. The van der Waals surface area contributed by atoms with Crippen molar-refractivity contribution in [1.82, 2.24) is 0 Å². The monoisotopic (exact) mass is 217 g/mol. The lowest BCUT2D eigenvalue weighted by Gasteiger charge is -2.08. The van der Waals surface area contributed by atoms with Gasteiger partial charge in [0.1, 0.15) is 0 Å². The van der Waals surface area contributed by atoms with Crippen LogP contribution in [0.2, 0.25) is 0 Å². The molecule has 0 aromatic carbocycles. The first-order valence-corrected chi connectivity index (χ1v) is 5.96. The second-order valence-electron chi connectivity index (χ2n) is 4.06. The zero-order valence-corrected chi connectivity index (χ0v) is 9.65. The van der Waals surface area contributed by atoms with Crippen LogP contribution in [0, 0.1) is 10.1 Å². The summed E-state index contributed by atoms with van der Waals surface area (Å²) in [5.74, 6) is 0. The number of nitrogens with zero attached hydrogens (tertiary/aromatic N) is 1. The van der Waals surface area contributed by atoms with Crippen molar-refractivity contribution in [3.8, 4) is 0 Å². The fourth-order valence-corrected chi connectivity index (χ4v) is 1.56. The predicted octanol–water partition coefficient (Wildman–Crippen LogP) is 2.76. The molecule has 15 heavy (non-hydrogen) atoms. The van der Waals surface area contributed by atoms with Gasteiger partial charge in [-0.2, -0.15) is 0 Å². The highest BCUT2D eigenvalue weighted by atomic mass is 16.6. The molecule has 0 aromatic heterocycles. The van der Waals surface area contributed by atoms with E-state index >= 15 is 0 Å². The number of nitro groups is 1. The van der Waals surface area contributed by atoms with Gasteiger partial charge >= 0.3 is 0 Å². The molecule has 0 amide bonds. The SMILES string of the molecule is CCCCC(O)CCCCCC[N+](=O)[O-]. The normalized spacial score (nSPS) is 12.7. The number of aliphatic hydroxyl groups excluding tert-OH is 1. The fraction of sp³-hybridized carbons (Fsp3) is 1.00. The highest BCUT2D eigenvalue weighted by Gasteiger charge is 2.03. The van der Waals surface area contributed by atoms with E-state index in [0.29, 0.717) is 6.42 Å². The van der Waals surface area contributed by atoms with Crippen molar-refractivity contribution >= 4 is 0 Å². The van der Waals surface area contributed by atoms with E-state index in [-0.39, 0.29) is 17.6 Å². The van der Waals surface area contributed by atoms with Crippen LogP contribution < -0.4 is 0 Å². The van der Waals surface area contributed by atoms with Gasteiger partial charge in [0.05, 0.1) is 6.10 Å². The number of rotatable bonds is 10. The summed E-state index contributed by atoms with van der Waals surface area (Å²) in [5, 5.41) is 19.5. The van der Waals surface area contributed by atoms with Gasteiger partial charge in [-0.15, -0.1) is 0 Å². The van der Waals surface area contributed by atoms with Crippen LogP contribution >= 0.6 is 0 Å². The number of unbranched alkanes of at least 4 members (excludes halogenated alkanes) is 4. The molecule has 90 valence electrons. The van der Waals surface area contributed by atoms with E-state index < -0.39 is 0 Å². The maximum Gasteiger partial charge on any atom is 0.203 e. The van der Waals surface area contributed by atoms with Crippen LogP contribution in [0.3, 0.4) is 0 Å². The molecule has 1 N–H and O–H groups in total. The van der Waals surface area contributed by atoms with Gasteiger partial charge in [0.2, 0.25) is 6.54 Å². The Kier molecular flexibility index (Phi) is 9.48. The molecular formula is C11H23NO3. The second-order valence-corrected chi connectivity index (χ2v) is 4.06. The molecule has 0 saturated heterocycles. The zero-order chi connectivity index (χ0) is 11.5. The average Bonchev–Trinajstić information content (AvgIpc) is 2.19. The summed E-state index contributed by atoms with van der Waals surface area (Å²) in [4.78, 5) is 9.76. The molecule has 1 unspecified atom stereocenters. The first kappa shape index (κ1) is 14.4. The molecule has 0 aliphatic heterocycles. The molecule has 0 spiro atoms. The molecule has 4 nitrogen and oxygen atoms in total. The van der Waals surface area contributed by atoms with E-state index in [4.69, 9.17) is 0 Å². The van der Waals surface area contributed by atoms with Crippen molar-refractivity contribution in [3.63, 3.8) is 0 Å². The average molecular weight is 217 g/mol. The van der Waals surface area contributed by atoms with E-state index in [9.17, 15) is 15.2 Å². The van der Waals surface area contributed by atoms with Gasteiger partial charge in [-0.3, -0.25) is 10.1 Å². The molecular weight excluding hydrogens is 194 g/mol. The van der Waals surface area contributed by atoms with Crippen molar-refractivity contribution < 1.29 is 10.0 Å². The molecule has 0 heterocycles. The van der Waals surface area contributed by atoms with Crippen LogP contribution in [0.25, 0.3) is 0 Å². The number of hydrogen-bond acceptors (Lipinski definition) is 3. The van der Waals surface area contributed by atoms with Crippen molar-refractivity contribution in [2.75, 3.05) is 6.54 Å². The summed E-state index contributed by atoms with van der Waals surface area (Å²) < 4.78 is 0. The standard InChI is InChI=1S/C11H23NO3/c1-2-3-8-11(13)9-6-4-5-7-10-12(14)15/h11,13H,2-10H2,1H3. The van der Waals surface area contributed by atoms with Gasteiger partial charge in [-0.05, 0) is 19.3 Å². The lowest BCUT2D eigenvalue weighted by Crippen LogP contribution is -2.06. The summed E-state index contributed by atoms with van der Waals surface area (Å²) in [5.41, 5.74) is 0. The maximum atomic E-state index is 10.0. The quantitative estimate of drug-likeness (QED) is 0.347. The Morgan fingerprint density at radius 3 is 2.33 bits per heavy atom. The molecule has 0 aliphatic rings. The zero-order valence-electron chi connectivity index (χ0n) is 9.65. The van der Waals surface area contributed by atoms with Crippen LogP contribution in [-0.4, -0.2) is 22.7 Å². The Balaban J connectivity index is 3.12. The summed E-state index contributed by atoms with van der Waals surface area (Å²) in [7, 11) is 0. The first-order valence-electron chi connectivity index (χ1n) is 5.96. The lowest BCUT2D eigenvalue weighted by molar-refractivity contribution is -0.480.